The van der Waals surface area contributed by atoms with Gasteiger partial charge in [0.1, 0.15) is 6.54 Å². The molecule has 2 fully saturated rings. The van der Waals surface area contributed by atoms with Gasteiger partial charge in [-0.1, -0.05) is 30.4 Å². The molecule has 3 aliphatic rings. The number of imide groups is 1. The van der Waals surface area contributed by atoms with Crippen LogP contribution in [0.2, 0.25) is 0 Å². The van der Waals surface area contributed by atoms with Crippen LogP contribution in [-0.2, 0) is 14.4 Å². The molecule has 4 atom stereocenters. The average Bonchev–Trinajstić information content (AvgIpc) is 3.32. The van der Waals surface area contributed by atoms with Crippen LogP contribution in [0.15, 0.2) is 42.5 Å². The first-order valence-electron chi connectivity index (χ1n) is 9.12. The molecule has 1 aromatic rings. The Bertz CT molecular complexity index is 731. The number of amides is 3. The van der Waals surface area contributed by atoms with Gasteiger partial charge in [-0.3, -0.25) is 19.3 Å². The highest BCUT2D eigenvalue weighted by atomic mass is 16.2. The van der Waals surface area contributed by atoms with E-state index in [4.69, 9.17) is 0 Å². The molecule has 1 saturated heterocycles. The van der Waals surface area contributed by atoms with E-state index in [0.29, 0.717) is 13.1 Å². The smallest absolute Gasteiger partial charge is 0.240 e. The van der Waals surface area contributed by atoms with Gasteiger partial charge in [0.05, 0.1) is 11.8 Å². The predicted molar refractivity (Wildman–Crippen MR) is 97.2 cm³/mol. The van der Waals surface area contributed by atoms with Crippen LogP contribution in [0.3, 0.4) is 0 Å². The maximum absolute atomic E-state index is 12.6. The van der Waals surface area contributed by atoms with Gasteiger partial charge in [-0.15, -0.1) is 0 Å². The second-order valence-electron chi connectivity index (χ2n) is 7.37. The van der Waals surface area contributed by atoms with Crippen LogP contribution in [0.4, 0.5) is 5.69 Å². The Labute approximate surface area is 152 Å². The van der Waals surface area contributed by atoms with Crippen molar-refractivity contribution in [2.24, 2.45) is 23.7 Å². The van der Waals surface area contributed by atoms with Crippen LogP contribution in [0.25, 0.3) is 0 Å². The van der Waals surface area contributed by atoms with E-state index in [1.165, 1.54) is 0 Å². The van der Waals surface area contributed by atoms with Crippen LogP contribution >= 0.6 is 0 Å². The minimum Gasteiger partial charge on any atom is -0.373 e. The van der Waals surface area contributed by atoms with Crippen molar-refractivity contribution in [2.75, 3.05) is 31.6 Å². The standard InChI is InChI=1S/C20H23N3O3/c1-22(15-5-3-2-4-6-15)10-9-21-16(24)12-23-19(25)17-13-7-8-14(11-13)18(17)20(23)26/h2-8,13-14,17-18H,9-12H2,1H3,(H,21,24). The predicted octanol–water partition coefficient (Wildman–Crippen LogP) is 1.05. The van der Waals surface area contributed by atoms with E-state index in [0.717, 1.165) is 17.0 Å². The first-order valence-corrected chi connectivity index (χ1v) is 9.12. The molecule has 3 amide bonds. The van der Waals surface area contributed by atoms with Gasteiger partial charge in [0.15, 0.2) is 0 Å². The number of benzene rings is 1. The summed E-state index contributed by atoms with van der Waals surface area (Å²) in [7, 11) is 1.96. The van der Waals surface area contributed by atoms with Gasteiger partial charge in [-0.05, 0) is 30.4 Å². The van der Waals surface area contributed by atoms with Crippen molar-refractivity contribution in [2.45, 2.75) is 6.42 Å². The third kappa shape index (κ3) is 2.79. The van der Waals surface area contributed by atoms with Crippen LogP contribution in [-0.4, -0.2) is 49.3 Å². The molecule has 6 heteroatoms. The van der Waals surface area contributed by atoms with Crippen LogP contribution in [0, 0.1) is 23.7 Å². The topological polar surface area (TPSA) is 69.7 Å². The molecular formula is C20H23N3O3. The van der Waals surface area contributed by atoms with Crippen molar-refractivity contribution in [1.82, 2.24) is 10.2 Å². The molecular weight excluding hydrogens is 330 g/mol. The van der Waals surface area contributed by atoms with E-state index >= 15 is 0 Å². The Balaban J connectivity index is 1.28. The van der Waals surface area contributed by atoms with Crippen LogP contribution < -0.4 is 10.2 Å². The van der Waals surface area contributed by atoms with Crippen molar-refractivity contribution in [3.8, 4) is 0 Å². The number of anilines is 1. The SMILES string of the molecule is CN(CCNC(=O)CN1C(=O)C2C3C=CC(C3)C2C1=O)c1ccccc1. The second kappa shape index (κ2) is 6.59. The van der Waals surface area contributed by atoms with E-state index in [1.807, 2.05) is 42.3 Å². The number of nitrogens with one attached hydrogen (secondary N) is 1. The number of likely N-dealkylation sites (N-methyl/N-ethyl adjacent to an activating group) is 1. The zero-order chi connectivity index (χ0) is 18.3. The average molecular weight is 353 g/mol. The molecule has 0 spiro atoms. The summed E-state index contributed by atoms with van der Waals surface area (Å²) in [6, 6.07) is 9.90. The second-order valence-corrected chi connectivity index (χ2v) is 7.37. The summed E-state index contributed by atoms with van der Waals surface area (Å²) in [4.78, 5) is 40.6. The van der Waals surface area contributed by atoms with Gasteiger partial charge in [0, 0.05) is 25.8 Å². The minimum atomic E-state index is -0.284. The number of likely N-dealkylation sites (tertiary alicyclic amines) is 1. The number of fused-ring (bicyclic) bond motifs is 5. The number of carbonyl (C=O) groups is 3. The summed E-state index contributed by atoms with van der Waals surface area (Å²) in [5, 5.41) is 2.81. The lowest BCUT2D eigenvalue weighted by Crippen LogP contribution is -2.43. The zero-order valence-electron chi connectivity index (χ0n) is 14.8. The van der Waals surface area contributed by atoms with Crippen LogP contribution in [0.5, 0.6) is 0 Å². The first-order chi connectivity index (χ1) is 12.6. The van der Waals surface area contributed by atoms with E-state index < -0.39 is 0 Å². The van der Waals surface area contributed by atoms with Crippen LogP contribution in [0.1, 0.15) is 6.42 Å². The summed E-state index contributed by atoms with van der Waals surface area (Å²) >= 11 is 0. The van der Waals surface area contributed by atoms with Crippen molar-refractivity contribution in [1.29, 1.82) is 0 Å². The van der Waals surface area contributed by atoms with Crippen molar-refractivity contribution >= 4 is 23.4 Å². The van der Waals surface area contributed by atoms with Gasteiger partial charge in [0.2, 0.25) is 17.7 Å². The van der Waals surface area contributed by atoms with E-state index in [-0.39, 0.29) is 47.9 Å². The fraction of sp³-hybridized carbons (Fsp3) is 0.450. The molecule has 1 aromatic carbocycles. The van der Waals surface area contributed by atoms with Gasteiger partial charge in [0.25, 0.3) is 0 Å². The van der Waals surface area contributed by atoms with E-state index in [9.17, 15) is 14.4 Å². The van der Waals surface area contributed by atoms with E-state index in [2.05, 4.69) is 17.5 Å². The Morgan fingerprint density at radius 2 is 1.73 bits per heavy atom. The number of hydrogen-bond donors (Lipinski definition) is 1. The van der Waals surface area contributed by atoms with Crippen molar-refractivity contribution in [3.05, 3.63) is 42.5 Å². The summed E-state index contributed by atoms with van der Waals surface area (Å²) < 4.78 is 0. The molecule has 4 rings (SSSR count). The number of allylic oxidation sites excluding steroid dienone is 2. The summed E-state index contributed by atoms with van der Waals surface area (Å²) in [5.74, 6) is -0.762. The Morgan fingerprint density at radius 1 is 1.12 bits per heavy atom. The highest BCUT2D eigenvalue weighted by Crippen LogP contribution is 2.52. The molecule has 1 N–H and O–H groups in total. The largest absolute Gasteiger partial charge is 0.373 e. The van der Waals surface area contributed by atoms with Crippen molar-refractivity contribution < 1.29 is 14.4 Å². The Kier molecular flexibility index (Phi) is 4.26. The number of nitrogens with zero attached hydrogens (tertiary/aromatic N) is 2. The maximum atomic E-state index is 12.6. The summed E-state index contributed by atoms with van der Waals surface area (Å²) in [6.07, 6.45) is 5.01. The van der Waals surface area contributed by atoms with Gasteiger partial charge >= 0.3 is 0 Å². The van der Waals surface area contributed by atoms with Gasteiger partial charge in [-0.2, -0.15) is 0 Å². The fourth-order valence-corrected chi connectivity index (χ4v) is 4.49. The third-order valence-electron chi connectivity index (χ3n) is 5.83. The molecule has 136 valence electrons. The molecule has 26 heavy (non-hydrogen) atoms. The monoisotopic (exact) mass is 353 g/mol. The highest BCUT2D eigenvalue weighted by Gasteiger charge is 2.59. The van der Waals surface area contributed by atoms with Crippen molar-refractivity contribution in [3.63, 3.8) is 0 Å². The summed E-state index contributed by atoms with van der Waals surface area (Å²) in [5.41, 5.74) is 1.07. The maximum Gasteiger partial charge on any atom is 0.240 e. The molecule has 1 saturated carbocycles. The number of hydrogen-bond acceptors (Lipinski definition) is 4. The molecule has 2 aliphatic carbocycles. The Morgan fingerprint density at radius 3 is 2.35 bits per heavy atom. The summed E-state index contributed by atoms with van der Waals surface area (Å²) in [6.45, 7) is 0.941. The molecule has 4 unspecified atom stereocenters. The number of para-hydroxylation sites is 1. The highest BCUT2D eigenvalue weighted by molar-refractivity contribution is 6.08. The lowest BCUT2D eigenvalue weighted by atomic mass is 9.85. The molecule has 1 aliphatic heterocycles. The molecule has 0 aromatic heterocycles. The van der Waals surface area contributed by atoms with Gasteiger partial charge < -0.3 is 10.2 Å². The Hall–Kier alpha value is -2.63. The molecule has 2 bridgehead atoms. The van der Waals surface area contributed by atoms with Gasteiger partial charge in [-0.25, -0.2) is 0 Å². The third-order valence-corrected chi connectivity index (χ3v) is 5.83. The fourth-order valence-electron chi connectivity index (χ4n) is 4.49. The minimum absolute atomic E-state index is 0.168. The normalized spacial score (nSPS) is 28.6. The quantitative estimate of drug-likeness (QED) is 0.613. The zero-order valence-corrected chi connectivity index (χ0v) is 14.8. The number of rotatable bonds is 6. The molecule has 0 radical (unpaired) electrons. The molecule has 6 nitrogen and oxygen atoms in total. The molecule has 1 heterocycles. The number of carbonyl (C=O) groups excluding carboxylic acids is 3. The van der Waals surface area contributed by atoms with E-state index in [1.54, 1.807) is 0 Å². The lowest BCUT2D eigenvalue weighted by Gasteiger charge is -2.20. The lowest BCUT2D eigenvalue weighted by molar-refractivity contribution is -0.144. The first kappa shape index (κ1) is 16.8.